The zero-order valence-electron chi connectivity index (χ0n) is 14.2. The molecule has 0 spiro atoms. The van der Waals surface area contributed by atoms with E-state index >= 15 is 0 Å². The SMILES string of the molecule is COc1cc(C)ccc1OCC(=O)N1CCCC1C(=O)NC1CC1. The van der Waals surface area contributed by atoms with E-state index in [0.29, 0.717) is 24.1 Å². The summed E-state index contributed by atoms with van der Waals surface area (Å²) in [5.74, 6) is 0.948. The molecule has 0 bridgehead atoms. The lowest BCUT2D eigenvalue weighted by Gasteiger charge is -2.24. The molecule has 24 heavy (non-hydrogen) atoms. The van der Waals surface area contributed by atoms with Crippen LogP contribution in [0.15, 0.2) is 18.2 Å². The summed E-state index contributed by atoms with van der Waals surface area (Å²) in [5, 5.41) is 2.99. The standard InChI is InChI=1S/C18H24N2O4/c1-12-5-8-15(16(10-12)23-2)24-11-17(21)20-9-3-4-14(20)18(22)19-13-6-7-13/h5,8,10,13-14H,3-4,6-7,9,11H2,1-2H3,(H,19,22). The number of nitrogens with zero attached hydrogens (tertiary/aromatic N) is 1. The number of rotatable bonds is 6. The van der Waals surface area contributed by atoms with Gasteiger partial charge >= 0.3 is 0 Å². The molecule has 6 nitrogen and oxygen atoms in total. The third kappa shape index (κ3) is 3.80. The van der Waals surface area contributed by atoms with Gasteiger partial charge in [0.1, 0.15) is 6.04 Å². The Balaban J connectivity index is 1.58. The van der Waals surface area contributed by atoms with Crippen molar-refractivity contribution in [1.82, 2.24) is 10.2 Å². The summed E-state index contributed by atoms with van der Waals surface area (Å²) < 4.78 is 10.9. The van der Waals surface area contributed by atoms with Crippen molar-refractivity contribution in [3.8, 4) is 11.5 Å². The first-order valence-electron chi connectivity index (χ1n) is 8.46. The number of aryl methyl sites for hydroxylation is 1. The minimum absolute atomic E-state index is 0.0312. The molecule has 1 atom stereocenters. The molecular weight excluding hydrogens is 308 g/mol. The second kappa shape index (κ2) is 7.11. The maximum absolute atomic E-state index is 12.5. The Hall–Kier alpha value is -2.24. The third-order valence-corrected chi connectivity index (χ3v) is 4.47. The Bertz CT molecular complexity index is 627. The molecular formula is C18H24N2O4. The summed E-state index contributed by atoms with van der Waals surface area (Å²) >= 11 is 0. The van der Waals surface area contributed by atoms with Gasteiger partial charge in [-0.15, -0.1) is 0 Å². The maximum atomic E-state index is 12.5. The van der Waals surface area contributed by atoms with E-state index in [1.165, 1.54) is 0 Å². The van der Waals surface area contributed by atoms with Crippen molar-refractivity contribution >= 4 is 11.8 Å². The number of benzene rings is 1. The molecule has 3 rings (SSSR count). The minimum Gasteiger partial charge on any atom is -0.493 e. The van der Waals surface area contributed by atoms with E-state index < -0.39 is 0 Å². The average molecular weight is 332 g/mol. The number of carbonyl (C=O) groups is 2. The smallest absolute Gasteiger partial charge is 0.261 e. The highest BCUT2D eigenvalue weighted by atomic mass is 16.5. The van der Waals surface area contributed by atoms with E-state index in [4.69, 9.17) is 9.47 Å². The van der Waals surface area contributed by atoms with Gasteiger partial charge in [-0.05, 0) is 50.3 Å². The van der Waals surface area contributed by atoms with Crippen molar-refractivity contribution < 1.29 is 19.1 Å². The molecule has 1 heterocycles. The molecule has 0 radical (unpaired) electrons. The van der Waals surface area contributed by atoms with Crippen LogP contribution in [0.4, 0.5) is 0 Å². The van der Waals surface area contributed by atoms with Gasteiger partial charge in [-0.2, -0.15) is 0 Å². The molecule has 1 aliphatic heterocycles. The first-order chi connectivity index (χ1) is 11.6. The average Bonchev–Trinajstić information content (AvgIpc) is 3.24. The van der Waals surface area contributed by atoms with E-state index in [0.717, 1.165) is 31.2 Å². The lowest BCUT2D eigenvalue weighted by Crippen LogP contribution is -2.47. The number of ether oxygens (including phenoxy) is 2. The van der Waals surface area contributed by atoms with Gasteiger partial charge in [0.2, 0.25) is 5.91 Å². The molecule has 1 aromatic rings. The molecule has 6 heteroatoms. The molecule has 1 aliphatic carbocycles. The number of hydrogen-bond acceptors (Lipinski definition) is 4. The van der Waals surface area contributed by atoms with Crippen LogP contribution >= 0.6 is 0 Å². The molecule has 2 aliphatic rings. The van der Waals surface area contributed by atoms with Crippen LogP contribution in [0.25, 0.3) is 0 Å². The number of nitrogens with one attached hydrogen (secondary N) is 1. The van der Waals surface area contributed by atoms with E-state index in [-0.39, 0.29) is 24.5 Å². The van der Waals surface area contributed by atoms with Gasteiger partial charge < -0.3 is 19.7 Å². The van der Waals surface area contributed by atoms with Crippen LogP contribution in [0.2, 0.25) is 0 Å². The Morgan fingerprint density at radius 1 is 1.25 bits per heavy atom. The topological polar surface area (TPSA) is 67.9 Å². The van der Waals surface area contributed by atoms with Crippen molar-refractivity contribution in [2.24, 2.45) is 0 Å². The summed E-state index contributed by atoms with van der Waals surface area (Å²) in [4.78, 5) is 26.4. The molecule has 2 amide bonds. The zero-order chi connectivity index (χ0) is 17.1. The van der Waals surface area contributed by atoms with Crippen molar-refractivity contribution in [3.63, 3.8) is 0 Å². The summed E-state index contributed by atoms with van der Waals surface area (Å²) in [6.45, 7) is 2.48. The molecule has 1 saturated carbocycles. The highest BCUT2D eigenvalue weighted by Crippen LogP contribution is 2.28. The zero-order valence-corrected chi connectivity index (χ0v) is 14.2. The lowest BCUT2D eigenvalue weighted by atomic mass is 10.2. The van der Waals surface area contributed by atoms with E-state index in [9.17, 15) is 9.59 Å². The monoisotopic (exact) mass is 332 g/mol. The summed E-state index contributed by atoms with van der Waals surface area (Å²) in [7, 11) is 1.57. The van der Waals surface area contributed by atoms with E-state index in [1.807, 2.05) is 19.1 Å². The highest BCUT2D eigenvalue weighted by Gasteiger charge is 2.36. The Labute approximate surface area is 142 Å². The van der Waals surface area contributed by atoms with Gasteiger partial charge in [0.25, 0.3) is 5.91 Å². The molecule has 1 aromatic carbocycles. The van der Waals surface area contributed by atoms with E-state index in [2.05, 4.69) is 5.32 Å². The number of hydrogen-bond donors (Lipinski definition) is 1. The Kier molecular flexibility index (Phi) is 4.92. The van der Waals surface area contributed by atoms with Crippen LogP contribution in [-0.2, 0) is 9.59 Å². The molecule has 130 valence electrons. The van der Waals surface area contributed by atoms with Gasteiger partial charge in [0.15, 0.2) is 18.1 Å². The fraction of sp³-hybridized carbons (Fsp3) is 0.556. The number of carbonyl (C=O) groups excluding carboxylic acids is 2. The minimum atomic E-state index is -0.360. The van der Waals surface area contributed by atoms with Crippen molar-refractivity contribution in [2.75, 3.05) is 20.3 Å². The van der Waals surface area contributed by atoms with Gasteiger partial charge in [0.05, 0.1) is 7.11 Å². The van der Waals surface area contributed by atoms with Crippen LogP contribution in [0.1, 0.15) is 31.2 Å². The van der Waals surface area contributed by atoms with Crippen molar-refractivity contribution in [1.29, 1.82) is 0 Å². The quantitative estimate of drug-likeness (QED) is 0.860. The maximum Gasteiger partial charge on any atom is 0.261 e. The fourth-order valence-corrected chi connectivity index (χ4v) is 2.98. The molecule has 0 aromatic heterocycles. The molecule has 1 N–H and O–H groups in total. The summed E-state index contributed by atoms with van der Waals surface area (Å²) in [5.41, 5.74) is 1.06. The van der Waals surface area contributed by atoms with Gasteiger partial charge in [-0.1, -0.05) is 6.07 Å². The van der Waals surface area contributed by atoms with Crippen LogP contribution in [0.3, 0.4) is 0 Å². The third-order valence-electron chi connectivity index (χ3n) is 4.47. The number of likely N-dealkylation sites (tertiary alicyclic amines) is 1. The molecule has 1 unspecified atom stereocenters. The summed E-state index contributed by atoms with van der Waals surface area (Å²) in [6, 6.07) is 5.51. The largest absolute Gasteiger partial charge is 0.493 e. The second-order valence-corrected chi connectivity index (χ2v) is 6.47. The van der Waals surface area contributed by atoms with Crippen molar-refractivity contribution in [2.45, 2.75) is 44.7 Å². The number of amides is 2. The van der Waals surface area contributed by atoms with E-state index in [1.54, 1.807) is 18.1 Å². The predicted molar refractivity (Wildman–Crippen MR) is 89.1 cm³/mol. The van der Waals surface area contributed by atoms with Gasteiger partial charge in [-0.3, -0.25) is 9.59 Å². The highest BCUT2D eigenvalue weighted by molar-refractivity contribution is 5.89. The normalized spacial score (nSPS) is 19.9. The number of methoxy groups -OCH3 is 1. The van der Waals surface area contributed by atoms with Crippen LogP contribution in [0.5, 0.6) is 11.5 Å². The van der Waals surface area contributed by atoms with Crippen LogP contribution in [0, 0.1) is 6.92 Å². The molecule has 2 fully saturated rings. The summed E-state index contributed by atoms with van der Waals surface area (Å²) in [6.07, 6.45) is 3.66. The second-order valence-electron chi connectivity index (χ2n) is 6.47. The van der Waals surface area contributed by atoms with Gasteiger partial charge in [-0.25, -0.2) is 0 Å². The van der Waals surface area contributed by atoms with Crippen molar-refractivity contribution in [3.05, 3.63) is 23.8 Å². The van der Waals surface area contributed by atoms with Crippen LogP contribution < -0.4 is 14.8 Å². The molecule has 1 saturated heterocycles. The first kappa shape index (κ1) is 16.6. The first-order valence-corrected chi connectivity index (χ1v) is 8.46. The van der Waals surface area contributed by atoms with Crippen LogP contribution in [-0.4, -0.2) is 49.1 Å². The Morgan fingerprint density at radius 2 is 2.04 bits per heavy atom. The van der Waals surface area contributed by atoms with Gasteiger partial charge in [0, 0.05) is 12.6 Å². The Morgan fingerprint density at radius 3 is 2.75 bits per heavy atom. The lowest BCUT2D eigenvalue weighted by molar-refractivity contribution is -0.140. The fourth-order valence-electron chi connectivity index (χ4n) is 2.98. The predicted octanol–water partition coefficient (Wildman–Crippen LogP) is 1.65.